The molecule has 1 unspecified atom stereocenters. The molecule has 1 fully saturated rings. The molecule has 164 valence electrons. The highest BCUT2D eigenvalue weighted by atomic mass is 16.5. The fourth-order valence-electron chi connectivity index (χ4n) is 4.50. The molecule has 0 amide bonds. The minimum atomic E-state index is -1.08. The predicted octanol–water partition coefficient (Wildman–Crippen LogP) is 1.73. The Morgan fingerprint density at radius 3 is 2.48 bits per heavy atom. The van der Waals surface area contributed by atoms with Gasteiger partial charge in [0.25, 0.3) is 0 Å². The summed E-state index contributed by atoms with van der Waals surface area (Å²) in [4.78, 5) is 39.5. The van der Waals surface area contributed by atoms with Gasteiger partial charge in [-0.1, -0.05) is 31.4 Å². The lowest BCUT2D eigenvalue weighted by molar-refractivity contribution is -0.146. The van der Waals surface area contributed by atoms with Crippen molar-refractivity contribution in [2.75, 3.05) is 13.2 Å². The second-order valence-corrected chi connectivity index (χ2v) is 7.84. The monoisotopic (exact) mass is 425 g/mol. The molecular formula is C24H27NO6. The summed E-state index contributed by atoms with van der Waals surface area (Å²) >= 11 is 0. The summed E-state index contributed by atoms with van der Waals surface area (Å²) < 4.78 is 16.6. The number of hydrogen-bond acceptors (Lipinski definition) is 7. The molecule has 7 heteroatoms. The van der Waals surface area contributed by atoms with Gasteiger partial charge in [0, 0.05) is 11.7 Å². The molecule has 0 spiro atoms. The first-order valence-corrected chi connectivity index (χ1v) is 11.0. The Bertz CT molecular complexity index is 1190. The number of carbonyl (C=O) groups is 2. The molecule has 31 heavy (non-hydrogen) atoms. The third-order valence-electron chi connectivity index (χ3n) is 5.87. The van der Waals surface area contributed by atoms with Crippen molar-refractivity contribution < 1.29 is 23.5 Å². The zero-order chi connectivity index (χ0) is 22.0. The van der Waals surface area contributed by atoms with Crippen LogP contribution in [-0.4, -0.2) is 31.2 Å². The van der Waals surface area contributed by atoms with Crippen LogP contribution in [0.15, 0.2) is 33.5 Å². The van der Waals surface area contributed by atoms with Gasteiger partial charge in [0.05, 0.1) is 23.8 Å². The summed E-state index contributed by atoms with van der Waals surface area (Å²) in [6, 6.07) is 6.98. The van der Waals surface area contributed by atoms with Crippen molar-refractivity contribution in [3.05, 3.63) is 45.1 Å². The molecular weight excluding hydrogens is 398 g/mol. The maximum atomic E-state index is 13.5. The lowest BCUT2D eigenvalue weighted by Crippen LogP contribution is -2.44. The van der Waals surface area contributed by atoms with Crippen molar-refractivity contribution in [3.8, 4) is 0 Å². The van der Waals surface area contributed by atoms with Gasteiger partial charge in [0.2, 0.25) is 5.43 Å². The predicted molar refractivity (Wildman–Crippen MR) is 115 cm³/mol. The summed E-state index contributed by atoms with van der Waals surface area (Å²) in [7, 11) is 0. The molecule has 0 radical (unpaired) electrons. The van der Waals surface area contributed by atoms with Gasteiger partial charge in [-0.05, 0) is 38.8 Å². The van der Waals surface area contributed by atoms with Gasteiger partial charge in [-0.2, -0.15) is 0 Å². The van der Waals surface area contributed by atoms with Gasteiger partial charge in [-0.15, -0.1) is 0 Å². The average Bonchev–Trinajstić information content (AvgIpc) is 3.09. The lowest BCUT2D eigenvalue weighted by atomic mass is 9.93. The fraction of sp³-hybridized carbons (Fsp3) is 0.458. The molecule has 7 nitrogen and oxygen atoms in total. The number of carbonyl (C=O) groups excluding carboxylic acids is 2. The molecule has 2 aromatic rings. The smallest absolute Gasteiger partial charge is 0.339 e. The molecule has 0 saturated heterocycles. The second kappa shape index (κ2) is 8.96. The largest absolute Gasteiger partial charge is 0.465 e. The second-order valence-electron chi connectivity index (χ2n) is 7.84. The van der Waals surface area contributed by atoms with Crippen molar-refractivity contribution in [2.24, 2.45) is 5.92 Å². The van der Waals surface area contributed by atoms with Crippen LogP contribution < -0.4 is 21.4 Å². The molecule has 1 atom stereocenters. The summed E-state index contributed by atoms with van der Waals surface area (Å²) in [5, 5.41) is 4.05. The maximum Gasteiger partial charge on any atom is 0.339 e. The Kier molecular flexibility index (Phi) is 6.11. The van der Waals surface area contributed by atoms with E-state index in [1.54, 1.807) is 38.1 Å². The van der Waals surface area contributed by atoms with Crippen molar-refractivity contribution in [1.29, 1.82) is 0 Å². The Hall–Kier alpha value is -3.09. The number of rotatable bonds is 6. The van der Waals surface area contributed by atoms with Crippen LogP contribution in [-0.2, 0) is 19.1 Å². The van der Waals surface area contributed by atoms with E-state index < -0.39 is 17.9 Å². The van der Waals surface area contributed by atoms with Crippen LogP contribution >= 0.6 is 0 Å². The molecule has 1 N–H and O–H groups in total. The first kappa shape index (κ1) is 21.2. The zero-order valence-electron chi connectivity index (χ0n) is 17.9. The quantitative estimate of drug-likeness (QED) is 0.705. The van der Waals surface area contributed by atoms with E-state index in [4.69, 9.17) is 13.9 Å². The normalized spacial score (nSPS) is 18.7. The Balaban J connectivity index is 2.02. The van der Waals surface area contributed by atoms with Gasteiger partial charge in [-0.3, -0.25) is 9.59 Å². The SMILES string of the molecule is CCOC(=O)C1=c2oc3ccccc3c(=O)c2=C(NC2CCCCC2)C1C(=O)OCC. The van der Waals surface area contributed by atoms with Crippen LogP contribution in [0.4, 0.5) is 0 Å². The Labute approximate surface area is 179 Å². The van der Waals surface area contributed by atoms with E-state index in [9.17, 15) is 14.4 Å². The molecule has 0 aliphatic heterocycles. The van der Waals surface area contributed by atoms with Crippen molar-refractivity contribution in [1.82, 2.24) is 5.32 Å². The lowest BCUT2D eigenvalue weighted by Gasteiger charge is -2.27. The Morgan fingerprint density at radius 2 is 1.77 bits per heavy atom. The third-order valence-corrected chi connectivity index (χ3v) is 5.87. The minimum Gasteiger partial charge on any atom is -0.465 e. The molecule has 2 aliphatic rings. The molecule has 1 aromatic heterocycles. The minimum absolute atomic E-state index is 0.0245. The average molecular weight is 425 g/mol. The fourth-order valence-corrected chi connectivity index (χ4v) is 4.50. The van der Waals surface area contributed by atoms with Gasteiger partial charge in [0.1, 0.15) is 17.1 Å². The van der Waals surface area contributed by atoms with E-state index in [0.29, 0.717) is 16.7 Å². The van der Waals surface area contributed by atoms with Crippen molar-refractivity contribution in [2.45, 2.75) is 52.0 Å². The van der Waals surface area contributed by atoms with E-state index in [-0.39, 0.29) is 40.9 Å². The Morgan fingerprint density at radius 1 is 1.06 bits per heavy atom. The van der Waals surface area contributed by atoms with Gasteiger partial charge in [-0.25, -0.2) is 4.79 Å². The topological polar surface area (TPSA) is 94.8 Å². The van der Waals surface area contributed by atoms with E-state index >= 15 is 0 Å². The molecule has 0 bridgehead atoms. The van der Waals surface area contributed by atoms with E-state index in [1.807, 2.05) is 0 Å². The number of ether oxygens (including phenoxy) is 2. The first-order chi connectivity index (χ1) is 15.1. The third kappa shape index (κ3) is 3.84. The highest BCUT2D eigenvalue weighted by Gasteiger charge is 2.41. The van der Waals surface area contributed by atoms with Crippen LogP contribution in [0, 0.1) is 5.92 Å². The summed E-state index contributed by atoms with van der Waals surface area (Å²) in [5.74, 6) is -2.36. The summed E-state index contributed by atoms with van der Waals surface area (Å²) in [6.07, 6.45) is 5.17. The number of fused-ring (bicyclic) bond motifs is 2. The molecule has 1 saturated carbocycles. The van der Waals surface area contributed by atoms with Crippen LogP contribution in [0.2, 0.25) is 0 Å². The van der Waals surface area contributed by atoms with E-state index in [1.165, 1.54) is 6.42 Å². The van der Waals surface area contributed by atoms with Crippen LogP contribution in [0.1, 0.15) is 46.0 Å². The number of esters is 2. The van der Waals surface area contributed by atoms with Gasteiger partial charge in [0.15, 0.2) is 5.42 Å². The van der Waals surface area contributed by atoms with Crippen LogP contribution in [0.3, 0.4) is 0 Å². The summed E-state index contributed by atoms with van der Waals surface area (Å²) in [5.41, 5.74) is 0.594. The molecule has 1 aromatic carbocycles. The van der Waals surface area contributed by atoms with Crippen molar-refractivity contribution >= 4 is 34.2 Å². The molecule has 4 rings (SSSR count). The molecule has 2 aliphatic carbocycles. The number of hydrogen-bond donors (Lipinski definition) is 1. The van der Waals surface area contributed by atoms with Crippen molar-refractivity contribution in [3.63, 3.8) is 0 Å². The maximum absolute atomic E-state index is 13.5. The number of para-hydroxylation sites is 1. The van der Waals surface area contributed by atoms with Gasteiger partial charge >= 0.3 is 11.9 Å². The van der Waals surface area contributed by atoms with Crippen LogP contribution in [0.5, 0.6) is 0 Å². The highest BCUT2D eigenvalue weighted by molar-refractivity contribution is 6.19. The molecule has 1 heterocycles. The first-order valence-electron chi connectivity index (χ1n) is 11.0. The highest BCUT2D eigenvalue weighted by Crippen LogP contribution is 2.28. The number of nitrogens with one attached hydrogen (secondary N) is 1. The summed E-state index contributed by atoms with van der Waals surface area (Å²) in [6.45, 7) is 3.68. The van der Waals surface area contributed by atoms with E-state index in [0.717, 1.165) is 25.7 Å². The standard InChI is InChI=1S/C24H27NO6/c1-3-29-23(27)17-18(24(28)30-4-2)22-19(20(17)25-14-10-6-5-7-11-14)21(26)15-12-8-9-13-16(15)31-22/h8-9,12-14,17,25H,3-7,10-11H2,1-2H3. The number of benzene rings is 1. The van der Waals surface area contributed by atoms with Crippen LogP contribution in [0.25, 0.3) is 22.2 Å². The zero-order valence-corrected chi connectivity index (χ0v) is 17.9. The van der Waals surface area contributed by atoms with Gasteiger partial charge < -0.3 is 19.2 Å². The van der Waals surface area contributed by atoms with E-state index in [2.05, 4.69) is 5.32 Å².